The summed E-state index contributed by atoms with van der Waals surface area (Å²) in [4.78, 5) is 11.3. The Balaban J connectivity index is 2.30. The van der Waals surface area contributed by atoms with Crippen LogP contribution in [0.25, 0.3) is 0 Å². The quantitative estimate of drug-likeness (QED) is 0.428. The Morgan fingerprint density at radius 2 is 2.06 bits per heavy atom. The molecule has 0 spiro atoms. The highest BCUT2D eigenvalue weighted by Crippen LogP contribution is 2.05. The maximum absolute atomic E-state index is 11.3. The first-order valence-corrected chi connectivity index (χ1v) is 5.55. The topological polar surface area (TPSA) is 35.5 Å². The number of carbonyl (C=O) groups excluding carboxylic acids is 1. The second-order valence-electron chi connectivity index (χ2n) is 3.45. The fourth-order valence-corrected chi connectivity index (χ4v) is 1.23. The molecule has 3 heteroatoms. The first-order valence-electron chi connectivity index (χ1n) is 5.55. The maximum Gasteiger partial charge on any atom is 0.308 e. The van der Waals surface area contributed by atoms with Gasteiger partial charge in [-0.15, -0.1) is 6.42 Å². The zero-order valence-corrected chi connectivity index (χ0v) is 9.94. The fourth-order valence-electron chi connectivity index (χ4n) is 1.23. The monoisotopic (exact) mass is 232 g/mol. The van der Waals surface area contributed by atoms with Crippen molar-refractivity contribution < 1.29 is 14.3 Å². The lowest BCUT2D eigenvalue weighted by Crippen LogP contribution is -2.08. The van der Waals surface area contributed by atoms with Crippen LogP contribution in [0.3, 0.4) is 0 Å². The van der Waals surface area contributed by atoms with Gasteiger partial charge >= 0.3 is 5.97 Å². The van der Waals surface area contributed by atoms with Crippen LogP contribution in [0.5, 0.6) is 0 Å². The van der Waals surface area contributed by atoms with Gasteiger partial charge in [0.25, 0.3) is 0 Å². The Morgan fingerprint density at radius 3 is 2.65 bits per heavy atom. The molecule has 0 aliphatic heterocycles. The predicted molar refractivity (Wildman–Crippen MR) is 65.3 cm³/mol. The zero-order chi connectivity index (χ0) is 12.5. The van der Waals surface area contributed by atoms with Crippen LogP contribution in [-0.2, 0) is 20.9 Å². The molecule has 1 rings (SSSR count). The molecule has 0 saturated heterocycles. The molecule has 0 amide bonds. The smallest absolute Gasteiger partial charge is 0.308 e. The number of rotatable bonds is 6. The van der Waals surface area contributed by atoms with Crippen LogP contribution in [0.4, 0.5) is 0 Å². The molecule has 0 atom stereocenters. The molecule has 0 N–H and O–H groups in total. The van der Waals surface area contributed by atoms with Gasteiger partial charge in [-0.2, -0.15) is 0 Å². The van der Waals surface area contributed by atoms with Crippen molar-refractivity contribution in [2.75, 3.05) is 13.2 Å². The lowest BCUT2D eigenvalue weighted by atomic mass is 10.1. The first kappa shape index (κ1) is 13.3. The molecule has 1 aromatic carbocycles. The molecule has 0 aliphatic rings. The van der Waals surface area contributed by atoms with Crippen LogP contribution in [0.2, 0.25) is 0 Å². The highest BCUT2D eigenvalue weighted by Gasteiger charge is 2.02. The van der Waals surface area contributed by atoms with Crippen LogP contribution in [0.1, 0.15) is 24.5 Å². The van der Waals surface area contributed by atoms with E-state index in [0.29, 0.717) is 13.2 Å². The maximum atomic E-state index is 11.3. The third-order valence-corrected chi connectivity index (χ3v) is 2.18. The molecule has 0 aliphatic carbocycles. The minimum Gasteiger partial charge on any atom is -0.461 e. The highest BCUT2D eigenvalue weighted by molar-refractivity contribution is 5.69. The number of esters is 1. The molecule has 0 heterocycles. The summed E-state index contributed by atoms with van der Waals surface area (Å²) in [6, 6.07) is 7.35. The largest absolute Gasteiger partial charge is 0.461 e. The van der Waals surface area contributed by atoms with E-state index < -0.39 is 0 Å². The van der Waals surface area contributed by atoms with Gasteiger partial charge in [-0.05, 0) is 24.6 Å². The van der Waals surface area contributed by atoms with Crippen LogP contribution in [-0.4, -0.2) is 19.2 Å². The van der Waals surface area contributed by atoms with Gasteiger partial charge in [0.2, 0.25) is 0 Å². The number of hydrogen-bond donors (Lipinski definition) is 0. The number of benzene rings is 1. The minimum absolute atomic E-state index is 0.250. The van der Waals surface area contributed by atoms with E-state index in [4.69, 9.17) is 15.9 Å². The van der Waals surface area contributed by atoms with Gasteiger partial charge < -0.3 is 9.47 Å². The molecule has 0 saturated carbocycles. The summed E-state index contributed by atoms with van der Waals surface area (Å²) in [5.41, 5.74) is 1.74. The Kier molecular flexibility index (Phi) is 5.84. The predicted octanol–water partition coefficient (Wildman–Crippen LogP) is 2.14. The molecule has 0 radical (unpaired) electrons. The Hall–Kier alpha value is -1.79. The molecule has 3 nitrogen and oxygen atoms in total. The highest BCUT2D eigenvalue weighted by atomic mass is 16.5. The van der Waals surface area contributed by atoms with Gasteiger partial charge in [-0.25, -0.2) is 0 Å². The summed E-state index contributed by atoms with van der Waals surface area (Å²) in [5, 5.41) is 0. The Bertz CT molecular complexity index is 387. The SMILES string of the molecule is C#Cc1ccc(COC(=O)CCOCC)cc1. The van der Waals surface area contributed by atoms with Crippen molar-refractivity contribution in [2.45, 2.75) is 20.0 Å². The molecular weight excluding hydrogens is 216 g/mol. The normalized spacial score (nSPS) is 9.65. The standard InChI is InChI=1S/C14H16O3/c1-3-12-5-7-13(8-6-12)11-17-14(15)9-10-16-4-2/h1,5-8H,4,9-11H2,2H3. The molecular formula is C14H16O3. The second kappa shape index (κ2) is 7.48. The number of carbonyl (C=O) groups is 1. The van der Waals surface area contributed by atoms with Gasteiger partial charge in [-0.1, -0.05) is 18.1 Å². The van der Waals surface area contributed by atoms with Gasteiger partial charge in [0.05, 0.1) is 13.0 Å². The first-order chi connectivity index (χ1) is 8.26. The molecule has 0 fully saturated rings. The van der Waals surface area contributed by atoms with Gasteiger partial charge in [-0.3, -0.25) is 4.79 Å². The van der Waals surface area contributed by atoms with Crippen LogP contribution in [0, 0.1) is 12.3 Å². The second-order valence-corrected chi connectivity index (χ2v) is 3.45. The van der Waals surface area contributed by atoms with Gasteiger partial charge in [0, 0.05) is 12.2 Å². The van der Waals surface area contributed by atoms with Crippen molar-refractivity contribution in [2.24, 2.45) is 0 Å². The summed E-state index contributed by atoms with van der Waals surface area (Å²) < 4.78 is 10.1. The number of terminal acetylenes is 1. The van der Waals surface area contributed by atoms with Crippen molar-refractivity contribution in [3.63, 3.8) is 0 Å². The van der Waals surface area contributed by atoms with Crippen molar-refractivity contribution >= 4 is 5.97 Å². The lowest BCUT2D eigenvalue weighted by molar-refractivity contribution is -0.146. The zero-order valence-electron chi connectivity index (χ0n) is 9.94. The average molecular weight is 232 g/mol. The average Bonchev–Trinajstić information content (AvgIpc) is 2.37. The summed E-state index contributed by atoms with van der Waals surface area (Å²) in [5.74, 6) is 2.28. The number of ether oxygens (including phenoxy) is 2. The van der Waals surface area contributed by atoms with Crippen LogP contribution >= 0.6 is 0 Å². The molecule has 17 heavy (non-hydrogen) atoms. The third-order valence-electron chi connectivity index (χ3n) is 2.18. The van der Waals surface area contributed by atoms with E-state index in [1.165, 1.54) is 0 Å². The van der Waals surface area contributed by atoms with E-state index in [2.05, 4.69) is 5.92 Å². The van der Waals surface area contributed by atoms with E-state index in [9.17, 15) is 4.79 Å². The fraction of sp³-hybridized carbons (Fsp3) is 0.357. The molecule has 0 unspecified atom stereocenters. The summed E-state index contributed by atoms with van der Waals surface area (Å²) >= 11 is 0. The number of hydrogen-bond acceptors (Lipinski definition) is 3. The van der Waals surface area contributed by atoms with E-state index in [0.717, 1.165) is 11.1 Å². The summed E-state index contributed by atoms with van der Waals surface area (Å²) in [6.45, 7) is 3.18. The van der Waals surface area contributed by atoms with E-state index in [1.807, 2.05) is 31.2 Å². The van der Waals surface area contributed by atoms with Gasteiger partial charge in [0.1, 0.15) is 6.61 Å². The van der Waals surface area contributed by atoms with Crippen LogP contribution in [0.15, 0.2) is 24.3 Å². The van der Waals surface area contributed by atoms with Crippen LogP contribution < -0.4 is 0 Å². The van der Waals surface area contributed by atoms with Crippen molar-refractivity contribution in [3.8, 4) is 12.3 Å². The van der Waals surface area contributed by atoms with E-state index in [1.54, 1.807) is 0 Å². The summed E-state index contributed by atoms with van der Waals surface area (Å²) in [6.07, 6.45) is 5.53. The Morgan fingerprint density at radius 1 is 1.35 bits per heavy atom. The van der Waals surface area contributed by atoms with Crippen molar-refractivity contribution in [1.82, 2.24) is 0 Å². The Labute approximate surface area is 102 Å². The molecule has 0 aromatic heterocycles. The minimum atomic E-state index is -0.250. The van der Waals surface area contributed by atoms with Crippen molar-refractivity contribution in [3.05, 3.63) is 35.4 Å². The molecule has 0 bridgehead atoms. The summed E-state index contributed by atoms with van der Waals surface area (Å²) in [7, 11) is 0. The lowest BCUT2D eigenvalue weighted by Gasteiger charge is -2.05. The van der Waals surface area contributed by atoms with Gasteiger partial charge in [0.15, 0.2) is 0 Å². The van der Waals surface area contributed by atoms with Crippen molar-refractivity contribution in [1.29, 1.82) is 0 Å². The third kappa shape index (κ3) is 5.19. The molecule has 90 valence electrons. The van der Waals surface area contributed by atoms with E-state index in [-0.39, 0.29) is 19.0 Å². The molecule has 1 aromatic rings. The van der Waals surface area contributed by atoms with E-state index >= 15 is 0 Å².